The third-order valence-corrected chi connectivity index (χ3v) is 4.44. The number of halogens is 1. The van der Waals surface area contributed by atoms with Gasteiger partial charge in [-0.15, -0.1) is 10.2 Å². The standard InChI is InChI=1S/C22H22ClN3O5/c1-2-3-12-29-18-10-6-15(7-11-18)21(28)24-13-20(27)30-14-19-25-26-22(31-19)16-4-8-17(23)9-5-16/h4-11H,2-3,12-14H2,1H3,(H,24,28). The highest BCUT2D eigenvalue weighted by Crippen LogP contribution is 2.20. The molecule has 0 aliphatic carbocycles. The first kappa shape index (κ1) is 22.3. The van der Waals surface area contributed by atoms with Crippen LogP contribution in [0.2, 0.25) is 5.02 Å². The minimum Gasteiger partial charge on any atom is -0.494 e. The number of nitrogens with zero attached hydrogens (tertiary/aromatic N) is 2. The summed E-state index contributed by atoms with van der Waals surface area (Å²) < 4.78 is 16.1. The van der Waals surface area contributed by atoms with Crippen LogP contribution in [0.4, 0.5) is 0 Å². The van der Waals surface area contributed by atoms with E-state index in [1.54, 1.807) is 48.5 Å². The van der Waals surface area contributed by atoms with Crippen LogP contribution in [-0.2, 0) is 16.1 Å². The normalized spacial score (nSPS) is 10.5. The van der Waals surface area contributed by atoms with E-state index in [0.29, 0.717) is 28.5 Å². The van der Waals surface area contributed by atoms with E-state index in [2.05, 4.69) is 22.4 Å². The molecule has 0 atom stereocenters. The van der Waals surface area contributed by atoms with Crippen molar-refractivity contribution in [3.63, 3.8) is 0 Å². The molecule has 0 saturated carbocycles. The molecular formula is C22H22ClN3O5. The summed E-state index contributed by atoms with van der Waals surface area (Å²) in [5.74, 6) is 0.113. The van der Waals surface area contributed by atoms with Gasteiger partial charge >= 0.3 is 5.97 Å². The number of amides is 1. The number of unbranched alkanes of at least 4 members (excludes halogenated alkanes) is 1. The van der Waals surface area contributed by atoms with Crippen LogP contribution < -0.4 is 10.1 Å². The lowest BCUT2D eigenvalue weighted by atomic mass is 10.2. The molecule has 3 aromatic rings. The van der Waals surface area contributed by atoms with Crippen molar-refractivity contribution in [2.45, 2.75) is 26.4 Å². The van der Waals surface area contributed by atoms with Gasteiger partial charge in [0.25, 0.3) is 11.8 Å². The SMILES string of the molecule is CCCCOc1ccc(C(=O)NCC(=O)OCc2nnc(-c3ccc(Cl)cc3)o2)cc1. The molecule has 0 bridgehead atoms. The highest BCUT2D eigenvalue weighted by atomic mass is 35.5. The van der Waals surface area contributed by atoms with Crippen molar-refractivity contribution in [1.82, 2.24) is 15.5 Å². The van der Waals surface area contributed by atoms with E-state index in [1.807, 2.05) is 0 Å². The minimum atomic E-state index is -0.626. The van der Waals surface area contributed by atoms with E-state index >= 15 is 0 Å². The topological polar surface area (TPSA) is 104 Å². The number of esters is 1. The van der Waals surface area contributed by atoms with Crippen LogP contribution in [0.3, 0.4) is 0 Å². The summed E-state index contributed by atoms with van der Waals surface area (Å²) in [6.45, 7) is 2.24. The molecule has 0 fully saturated rings. The van der Waals surface area contributed by atoms with Crippen LogP contribution in [0.15, 0.2) is 52.9 Å². The second-order valence-electron chi connectivity index (χ2n) is 6.58. The smallest absolute Gasteiger partial charge is 0.325 e. The fourth-order valence-corrected chi connectivity index (χ4v) is 2.63. The van der Waals surface area contributed by atoms with Crippen molar-refractivity contribution in [3.8, 4) is 17.2 Å². The first-order chi connectivity index (χ1) is 15.0. The predicted molar refractivity (Wildman–Crippen MR) is 114 cm³/mol. The number of rotatable bonds is 10. The molecular weight excluding hydrogens is 422 g/mol. The molecule has 1 N–H and O–H groups in total. The minimum absolute atomic E-state index is 0.142. The summed E-state index contributed by atoms with van der Waals surface area (Å²) in [6.07, 6.45) is 2.02. The predicted octanol–water partition coefficient (Wildman–Crippen LogP) is 4.04. The summed E-state index contributed by atoms with van der Waals surface area (Å²) in [5.41, 5.74) is 1.11. The highest BCUT2D eigenvalue weighted by molar-refractivity contribution is 6.30. The summed E-state index contributed by atoms with van der Waals surface area (Å²) in [5, 5.41) is 10.8. The number of carbonyl (C=O) groups excluding carboxylic acids is 2. The van der Waals surface area contributed by atoms with E-state index in [4.69, 9.17) is 25.5 Å². The lowest BCUT2D eigenvalue weighted by Crippen LogP contribution is -2.30. The molecule has 1 amide bonds. The number of nitrogens with one attached hydrogen (secondary N) is 1. The number of aromatic nitrogens is 2. The molecule has 0 aliphatic heterocycles. The molecule has 162 valence electrons. The maximum Gasteiger partial charge on any atom is 0.325 e. The van der Waals surface area contributed by atoms with Gasteiger partial charge in [-0.1, -0.05) is 24.9 Å². The van der Waals surface area contributed by atoms with Crippen molar-refractivity contribution >= 4 is 23.5 Å². The Morgan fingerprint density at radius 2 is 1.81 bits per heavy atom. The van der Waals surface area contributed by atoms with Gasteiger partial charge in [0, 0.05) is 16.1 Å². The fourth-order valence-electron chi connectivity index (χ4n) is 2.51. The monoisotopic (exact) mass is 443 g/mol. The van der Waals surface area contributed by atoms with Crippen LogP contribution >= 0.6 is 11.6 Å². The molecule has 8 nitrogen and oxygen atoms in total. The van der Waals surface area contributed by atoms with E-state index < -0.39 is 5.97 Å². The van der Waals surface area contributed by atoms with Crippen LogP contribution in [0.25, 0.3) is 11.5 Å². The third-order valence-electron chi connectivity index (χ3n) is 4.19. The average Bonchev–Trinajstić information content (AvgIpc) is 3.26. The maximum absolute atomic E-state index is 12.2. The van der Waals surface area contributed by atoms with Crippen molar-refractivity contribution in [3.05, 3.63) is 65.0 Å². The zero-order chi connectivity index (χ0) is 22.1. The molecule has 0 aliphatic rings. The Hall–Kier alpha value is -3.39. The molecule has 1 aromatic heterocycles. The van der Waals surface area contributed by atoms with Gasteiger partial charge in [-0.2, -0.15) is 0 Å². The number of hydrogen-bond acceptors (Lipinski definition) is 7. The molecule has 31 heavy (non-hydrogen) atoms. The van der Waals surface area contributed by atoms with E-state index in [1.165, 1.54) is 0 Å². The number of hydrogen-bond donors (Lipinski definition) is 1. The lowest BCUT2D eigenvalue weighted by Gasteiger charge is -2.07. The quantitative estimate of drug-likeness (QED) is 0.372. The fraction of sp³-hybridized carbons (Fsp3) is 0.273. The van der Waals surface area contributed by atoms with E-state index in [9.17, 15) is 9.59 Å². The van der Waals surface area contributed by atoms with Crippen LogP contribution in [0.1, 0.15) is 36.0 Å². The maximum atomic E-state index is 12.2. The van der Waals surface area contributed by atoms with Crippen molar-refractivity contribution in [2.75, 3.05) is 13.2 Å². The van der Waals surface area contributed by atoms with Gasteiger partial charge < -0.3 is 19.2 Å². The van der Waals surface area contributed by atoms with E-state index in [-0.39, 0.29) is 30.8 Å². The molecule has 1 heterocycles. The van der Waals surface area contributed by atoms with Gasteiger partial charge in [-0.3, -0.25) is 9.59 Å². The zero-order valence-electron chi connectivity index (χ0n) is 17.0. The Kier molecular flexibility index (Phi) is 8.00. The molecule has 0 saturated heterocycles. The summed E-state index contributed by atoms with van der Waals surface area (Å²) in [6, 6.07) is 13.6. The van der Waals surface area contributed by atoms with E-state index in [0.717, 1.165) is 12.8 Å². The average molecular weight is 444 g/mol. The van der Waals surface area contributed by atoms with Gasteiger partial charge in [0.05, 0.1) is 6.61 Å². The van der Waals surface area contributed by atoms with Gasteiger partial charge in [0.2, 0.25) is 5.89 Å². The second kappa shape index (κ2) is 11.1. The Balaban J connectivity index is 1.42. The number of ether oxygens (including phenoxy) is 2. The van der Waals surface area contributed by atoms with Crippen LogP contribution in [0, 0.1) is 0 Å². The number of benzene rings is 2. The first-order valence-corrected chi connectivity index (χ1v) is 10.2. The van der Waals surface area contributed by atoms with Crippen LogP contribution in [0.5, 0.6) is 5.75 Å². The second-order valence-corrected chi connectivity index (χ2v) is 7.01. The molecule has 0 spiro atoms. The Morgan fingerprint density at radius 1 is 1.06 bits per heavy atom. The first-order valence-electron chi connectivity index (χ1n) is 9.80. The largest absolute Gasteiger partial charge is 0.494 e. The molecule has 0 unspecified atom stereocenters. The van der Waals surface area contributed by atoms with Gasteiger partial charge in [0.1, 0.15) is 12.3 Å². The number of carbonyl (C=O) groups is 2. The highest BCUT2D eigenvalue weighted by Gasteiger charge is 2.13. The van der Waals surface area contributed by atoms with Crippen molar-refractivity contribution < 1.29 is 23.5 Å². The lowest BCUT2D eigenvalue weighted by molar-refractivity contribution is -0.144. The molecule has 2 aromatic carbocycles. The van der Waals surface area contributed by atoms with Gasteiger partial charge in [0.15, 0.2) is 6.61 Å². The zero-order valence-corrected chi connectivity index (χ0v) is 17.7. The summed E-state index contributed by atoms with van der Waals surface area (Å²) in [7, 11) is 0. The summed E-state index contributed by atoms with van der Waals surface area (Å²) >= 11 is 5.85. The molecule has 9 heteroatoms. The Bertz CT molecular complexity index is 1000. The summed E-state index contributed by atoms with van der Waals surface area (Å²) in [4.78, 5) is 24.1. The van der Waals surface area contributed by atoms with Crippen LogP contribution in [-0.4, -0.2) is 35.2 Å². The van der Waals surface area contributed by atoms with Gasteiger partial charge in [-0.05, 0) is 55.0 Å². The van der Waals surface area contributed by atoms with Crippen molar-refractivity contribution in [1.29, 1.82) is 0 Å². The van der Waals surface area contributed by atoms with Crippen molar-refractivity contribution in [2.24, 2.45) is 0 Å². The molecule has 3 rings (SSSR count). The Morgan fingerprint density at radius 3 is 2.52 bits per heavy atom. The van der Waals surface area contributed by atoms with Gasteiger partial charge in [-0.25, -0.2) is 0 Å². The Labute approximate surface area is 184 Å². The molecule has 0 radical (unpaired) electrons. The third kappa shape index (κ3) is 6.82.